The van der Waals surface area contributed by atoms with E-state index in [1.54, 1.807) is 18.3 Å². The number of unbranched alkanes of at least 4 members (excludes halogenated alkanes) is 15. The minimum atomic E-state index is -4.40. The van der Waals surface area contributed by atoms with Gasteiger partial charge in [0.25, 0.3) is 0 Å². The first-order valence-corrected chi connectivity index (χ1v) is 21.7. The Labute approximate surface area is 328 Å². The number of amidine groups is 1. The van der Waals surface area contributed by atoms with E-state index in [1.165, 1.54) is 89.9 Å². The number of ether oxygens (including phenoxy) is 3. The van der Waals surface area contributed by atoms with E-state index in [1.807, 2.05) is 22.9 Å². The Kier molecular flexibility index (Phi) is 22.9. The van der Waals surface area contributed by atoms with Crippen LogP contribution < -0.4 is 11.2 Å². The molecule has 0 aromatic carbocycles. The molecular weight excluding hydrogens is 721 g/mol. The number of hydrogen-bond acceptors (Lipinski definition) is 12. The highest BCUT2D eigenvalue weighted by molar-refractivity contribution is 7.47. The second-order valence-electron chi connectivity index (χ2n) is 14.2. The first kappa shape index (κ1) is 46.1. The Morgan fingerprint density at radius 2 is 1.62 bits per heavy atom. The van der Waals surface area contributed by atoms with Crippen molar-refractivity contribution in [3.05, 3.63) is 53.1 Å². The maximum Gasteiger partial charge on any atom is 0.472 e. The van der Waals surface area contributed by atoms with Crippen LogP contribution in [0.2, 0.25) is 0 Å². The van der Waals surface area contributed by atoms with Crippen molar-refractivity contribution in [1.82, 2.24) is 9.66 Å². The highest BCUT2D eigenvalue weighted by Gasteiger charge is 2.33. The Morgan fingerprint density at radius 3 is 2.24 bits per heavy atom. The average Bonchev–Trinajstić information content (AvgIpc) is 3.86. The number of aliphatic imine (C=N–C) groups is 1. The molecule has 0 spiro atoms. The number of phosphoric acid groups is 1. The van der Waals surface area contributed by atoms with E-state index in [0.717, 1.165) is 36.2 Å². The predicted molar refractivity (Wildman–Crippen MR) is 213 cm³/mol. The van der Waals surface area contributed by atoms with Crippen molar-refractivity contribution in [3.63, 3.8) is 0 Å². The third-order valence-electron chi connectivity index (χ3n) is 9.81. The number of pyridine rings is 1. The fourth-order valence-electron chi connectivity index (χ4n) is 6.69. The van der Waals surface area contributed by atoms with Gasteiger partial charge in [0.05, 0.1) is 44.3 Å². The van der Waals surface area contributed by atoms with Crippen LogP contribution in [0.1, 0.15) is 151 Å². The monoisotopic (exact) mass is 785 g/mol. The van der Waals surface area contributed by atoms with E-state index < -0.39 is 13.9 Å². The summed E-state index contributed by atoms with van der Waals surface area (Å²) < 4.78 is 43.6. The third-order valence-corrected chi connectivity index (χ3v) is 10.8. The molecule has 2 aliphatic heterocycles. The molecule has 2 aromatic heterocycles. The average molecular weight is 786 g/mol. The zero-order valence-corrected chi connectivity index (χ0v) is 33.7. The highest BCUT2D eigenvalue weighted by Crippen LogP contribution is 2.45. The van der Waals surface area contributed by atoms with Crippen LogP contribution >= 0.6 is 7.82 Å². The van der Waals surface area contributed by atoms with Crippen LogP contribution in [0.25, 0.3) is 0 Å². The van der Waals surface area contributed by atoms with Crippen LogP contribution in [-0.4, -0.2) is 65.7 Å². The number of rotatable bonds is 29. The summed E-state index contributed by atoms with van der Waals surface area (Å²) >= 11 is 0. The molecule has 4 N–H and O–H groups in total. The van der Waals surface area contributed by atoms with Gasteiger partial charge in [0.15, 0.2) is 0 Å². The predicted octanol–water partition coefficient (Wildman–Crippen LogP) is 8.33. The summed E-state index contributed by atoms with van der Waals surface area (Å²) in [4.78, 5) is 18.8. The molecule has 0 radical (unpaired) electrons. The zero-order valence-electron chi connectivity index (χ0n) is 32.8. The number of nitriles is 2. The van der Waals surface area contributed by atoms with Crippen LogP contribution in [0.15, 0.2) is 35.5 Å². The second kappa shape index (κ2) is 27.3. The Morgan fingerprint density at radius 1 is 0.964 bits per heavy atom. The van der Waals surface area contributed by atoms with Crippen molar-refractivity contribution >= 4 is 13.7 Å². The molecule has 55 heavy (non-hydrogen) atoms. The van der Waals surface area contributed by atoms with Gasteiger partial charge in [-0.15, -0.1) is 0 Å². The Balaban J connectivity index is 0.00000399. The summed E-state index contributed by atoms with van der Waals surface area (Å²) in [6.45, 7) is 6.81. The lowest BCUT2D eigenvalue weighted by molar-refractivity contribution is -0.0529. The van der Waals surface area contributed by atoms with Gasteiger partial charge in [0.1, 0.15) is 36.1 Å². The molecule has 306 valence electrons. The molecule has 2 aromatic rings. The number of fused-ring (bicyclic) bond motifs is 1. The van der Waals surface area contributed by atoms with Gasteiger partial charge in [0.2, 0.25) is 0 Å². The van der Waals surface area contributed by atoms with Crippen molar-refractivity contribution in [2.75, 3.05) is 38.5 Å². The molecule has 0 bridgehead atoms. The van der Waals surface area contributed by atoms with E-state index in [4.69, 9.17) is 39.5 Å². The molecular formula is C40H64N7O7P. The van der Waals surface area contributed by atoms with Crippen LogP contribution in [-0.2, 0) is 34.4 Å². The van der Waals surface area contributed by atoms with E-state index in [-0.39, 0.29) is 38.6 Å². The summed E-state index contributed by atoms with van der Waals surface area (Å²) in [6.07, 6.45) is 22.7. The molecule has 0 amide bonds. The molecule has 0 aliphatic carbocycles. The number of nitrogens with one attached hydrogen (secondary N) is 1. The summed E-state index contributed by atoms with van der Waals surface area (Å²) in [6, 6.07) is 9.22. The smallest absolute Gasteiger partial charge is 0.382 e. The highest BCUT2D eigenvalue weighted by atomic mass is 31.2. The van der Waals surface area contributed by atoms with Gasteiger partial charge < -0.3 is 30.3 Å². The molecule has 4 unspecified atom stereocenters. The fraction of sp³-hybridized carbons (Fsp3) is 0.700. The number of hydrogen-bond donors (Lipinski definition) is 3. The number of phosphoric ester groups is 1. The van der Waals surface area contributed by atoms with Crippen molar-refractivity contribution < 1.29 is 32.7 Å². The molecule has 0 saturated carbocycles. The molecule has 1 fully saturated rings. The topological polar surface area (TPSA) is 199 Å². The van der Waals surface area contributed by atoms with E-state index in [2.05, 4.69) is 28.9 Å². The van der Waals surface area contributed by atoms with Crippen molar-refractivity contribution in [2.45, 2.75) is 147 Å². The molecule has 4 heterocycles. The molecule has 15 heteroatoms. The maximum atomic E-state index is 12.9. The van der Waals surface area contributed by atoms with Crippen molar-refractivity contribution in [3.8, 4) is 12.6 Å². The quantitative estimate of drug-likeness (QED) is 0.0527. The van der Waals surface area contributed by atoms with Gasteiger partial charge in [0, 0.05) is 19.4 Å². The molecule has 1 saturated heterocycles. The zero-order chi connectivity index (χ0) is 39.6. The first-order chi connectivity index (χ1) is 26.9. The van der Waals surface area contributed by atoms with Gasteiger partial charge in [-0.25, -0.2) is 19.8 Å². The van der Waals surface area contributed by atoms with Crippen LogP contribution in [0.5, 0.6) is 0 Å². The number of aromatic nitrogens is 2. The Bertz CT molecular complexity index is 1480. The van der Waals surface area contributed by atoms with E-state index >= 15 is 0 Å². The lowest BCUT2D eigenvalue weighted by Gasteiger charge is -2.22. The third kappa shape index (κ3) is 18.0. The van der Waals surface area contributed by atoms with Gasteiger partial charge in [-0.2, -0.15) is 5.26 Å². The van der Waals surface area contributed by atoms with Gasteiger partial charge in [-0.05, 0) is 43.0 Å². The molecule has 4 atom stereocenters. The van der Waals surface area contributed by atoms with Crippen molar-refractivity contribution in [2.24, 2.45) is 10.7 Å². The SMILES string of the molecule is C#N.CCCCCCCCCCCCCCCCCCOCC(COP(=O)(O)OCC1CCC(c2ccc3n2NCN=C3N)O1)OCc1ccc(C#N)nc1. The standard InChI is InChI=1S/C39H63N6O7P.CHN/c1-2-3-4-5-6-7-8-9-10-11-12-13-14-15-16-17-24-48-28-35(49-27-32-18-19-33(25-40)42-26-32)30-51-53(46,47)50-29-34-20-23-38(52-34)36-21-22-37-39(41)43-31-44-45(36)37;1-2/h18-19,21-22,26,34-35,38,44H,2-17,20,23-24,27-31H2,1H3,(H2,41,43)(H,46,47);1H. The van der Waals surface area contributed by atoms with E-state index in [9.17, 15) is 9.46 Å². The van der Waals surface area contributed by atoms with E-state index in [0.29, 0.717) is 31.2 Å². The Hall–Kier alpha value is -3.33. The second-order valence-corrected chi connectivity index (χ2v) is 15.7. The van der Waals surface area contributed by atoms with Crippen LogP contribution in [0.4, 0.5) is 0 Å². The molecule has 2 aliphatic rings. The fourth-order valence-corrected chi connectivity index (χ4v) is 7.48. The molecule has 14 nitrogen and oxygen atoms in total. The van der Waals surface area contributed by atoms with Crippen LogP contribution in [0, 0.1) is 23.2 Å². The summed E-state index contributed by atoms with van der Waals surface area (Å²) in [5.41, 5.74) is 12.0. The van der Waals surface area contributed by atoms with Gasteiger partial charge >= 0.3 is 7.82 Å². The van der Waals surface area contributed by atoms with Crippen LogP contribution in [0.3, 0.4) is 0 Å². The number of nitrogens with zero attached hydrogens (tertiary/aromatic N) is 5. The number of nitrogens with two attached hydrogens (primary N) is 1. The summed E-state index contributed by atoms with van der Waals surface area (Å²) in [7, 11) is -4.40. The lowest BCUT2D eigenvalue weighted by atomic mass is 10.0. The largest absolute Gasteiger partial charge is 0.472 e. The minimum absolute atomic E-state index is 0.0902. The van der Waals surface area contributed by atoms with Crippen molar-refractivity contribution in [1.29, 1.82) is 10.5 Å². The van der Waals surface area contributed by atoms with Gasteiger partial charge in [-0.3, -0.25) is 13.7 Å². The lowest BCUT2D eigenvalue weighted by Crippen LogP contribution is -2.32. The molecule has 4 rings (SSSR count). The maximum absolute atomic E-state index is 12.9. The normalized spacial score (nSPS) is 17.9. The minimum Gasteiger partial charge on any atom is -0.382 e. The summed E-state index contributed by atoms with van der Waals surface area (Å²) in [5.74, 6) is 0.465. The summed E-state index contributed by atoms with van der Waals surface area (Å²) in [5, 5.41) is 15.5. The van der Waals surface area contributed by atoms with Gasteiger partial charge in [-0.1, -0.05) is 109 Å². The first-order valence-electron chi connectivity index (χ1n) is 20.2.